The van der Waals surface area contributed by atoms with E-state index in [1.165, 1.54) is 0 Å². The zero-order chi connectivity index (χ0) is 15.4. The third-order valence-electron chi connectivity index (χ3n) is 3.82. The van der Waals surface area contributed by atoms with Gasteiger partial charge in [0, 0.05) is 6.54 Å². The first kappa shape index (κ1) is 15.1. The summed E-state index contributed by atoms with van der Waals surface area (Å²) in [5, 5.41) is 0. The Bertz CT molecular complexity index is 553. The van der Waals surface area contributed by atoms with E-state index in [1.807, 2.05) is 42.5 Å². The predicted octanol–water partition coefficient (Wildman–Crippen LogP) is 3.54. The van der Waals surface area contributed by atoms with E-state index in [4.69, 9.17) is 13.9 Å². The second-order valence-electron chi connectivity index (χ2n) is 6.03. The molecule has 0 bridgehead atoms. The first-order valence-electron chi connectivity index (χ1n) is 7.82. The maximum absolute atomic E-state index is 6.17. The fourth-order valence-electron chi connectivity index (χ4n) is 2.83. The summed E-state index contributed by atoms with van der Waals surface area (Å²) in [6, 6.07) is 13.8. The molecule has 0 amide bonds. The Morgan fingerprint density at radius 1 is 1.18 bits per heavy atom. The van der Waals surface area contributed by atoms with Gasteiger partial charge in [0.2, 0.25) is 0 Å². The molecule has 1 aromatic heterocycles. The van der Waals surface area contributed by atoms with E-state index in [9.17, 15) is 0 Å². The van der Waals surface area contributed by atoms with Crippen LogP contribution in [-0.4, -0.2) is 30.4 Å². The highest BCUT2D eigenvalue weighted by Gasteiger charge is 2.35. The normalized spacial score (nSPS) is 22.3. The Morgan fingerprint density at radius 3 is 2.68 bits per heavy atom. The molecule has 4 heteroatoms. The molecule has 0 aliphatic carbocycles. The molecule has 1 aliphatic heterocycles. The number of rotatable bonds is 6. The molecular weight excluding hydrogens is 278 g/mol. The van der Waals surface area contributed by atoms with Crippen molar-refractivity contribution in [3.8, 4) is 5.75 Å². The van der Waals surface area contributed by atoms with E-state index in [0.717, 1.165) is 24.6 Å². The van der Waals surface area contributed by atoms with Gasteiger partial charge in [0.05, 0.1) is 12.8 Å². The van der Waals surface area contributed by atoms with Gasteiger partial charge >= 0.3 is 0 Å². The van der Waals surface area contributed by atoms with Gasteiger partial charge in [-0.15, -0.1) is 0 Å². The summed E-state index contributed by atoms with van der Waals surface area (Å²) in [5.74, 6) is 2.28. The van der Waals surface area contributed by atoms with E-state index in [2.05, 4.69) is 18.7 Å². The first-order chi connectivity index (χ1) is 10.7. The largest absolute Gasteiger partial charge is 0.491 e. The first-order valence-corrected chi connectivity index (χ1v) is 7.82. The van der Waals surface area contributed by atoms with Crippen molar-refractivity contribution in [3.63, 3.8) is 0 Å². The quantitative estimate of drug-likeness (QED) is 0.817. The van der Waals surface area contributed by atoms with Crippen molar-refractivity contribution in [3.05, 3.63) is 54.5 Å². The molecule has 0 N–H and O–H groups in total. The van der Waals surface area contributed by atoms with E-state index >= 15 is 0 Å². The third-order valence-corrected chi connectivity index (χ3v) is 3.82. The van der Waals surface area contributed by atoms with Gasteiger partial charge in [-0.05, 0) is 30.2 Å². The van der Waals surface area contributed by atoms with Gasteiger partial charge in [-0.25, -0.2) is 0 Å². The van der Waals surface area contributed by atoms with Crippen molar-refractivity contribution in [2.45, 2.75) is 32.7 Å². The van der Waals surface area contributed by atoms with Gasteiger partial charge in [-0.1, -0.05) is 32.0 Å². The van der Waals surface area contributed by atoms with Crippen molar-refractivity contribution >= 4 is 0 Å². The van der Waals surface area contributed by atoms with Crippen LogP contribution in [0.15, 0.2) is 53.1 Å². The van der Waals surface area contributed by atoms with Crippen molar-refractivity contribution in [2.75, 3.05) is 13.2 Å². The molecule has 2 aromatic rings. The van der Waals surface area contributed by atoms with E-state index in [1.54, 1.807) is 6.26 Å². The minimum atomic E-state index is 0.0857. The Labute approximate surface area is 131 Å². The fraction of sp³-hybridized carbons (Fsp3) is 0.444. The topological polar surface area (TPSA) is 34.8 Å². The summed E-state index contributed by atoms with van der Waals surface area (Å²) in [7, 11) is 0. The summed E-state index contributed by atoms with van der Waals surface area (Å²) in [5.41, 5.74) is 0. The Balaban J connectivity index is 1.58. The van der Waals surface area contributed by atoms with Crippen molar-refractivity contribution in [1.29, 1.82) is 0 Å². The van der Waals surface area contributed by atoms with Crippen LogP contribution in [0.4, 0.5) is 0 Å². The van der Waals surface area contributed by atoms with E-state index < -0.39 is 0 Å². The molecule has 22 heavy (non-hydrogen) atoms. The molecule has 1 aliphatic rings. The molecule has 1 saturated heterocycles. The van der Waals surface area contributed by atoms with Gasteiger partial charge in [-0.3, -0.25) is 4.90 Å². The molecular formula is C18H23NO3. The average molecular weight is 301 g/mol. The van der Waals surface area contributed by atoms with E-state index in [-0.39, 0.29) is 12.3 Å². The van der Waals surface area contributed by atoms with E-state index in [0.29, 0.717) is 12.5 Å². The lowest BCUT2D eigenvalue weighted by Crippen LogP contribution is -2.33. The van der Waals surface area contributed by atoms with Crippen LogP contribution in [-0.2, 0) is 11.3 Å². The maximum Gasteiger partial charge on any atom is 0.119 e. The highest BCUT2D eigenvalue weighted by atomic mass is 16.6. The molecule has 0 saturated carbocycles. The number of benzene rings is 1. The van der Waals surface area contributed by atoms with Crippen LogP contribution in [0.1, 0.15) is 19.6 Å². The summed E-state index contributed by atoms with van der Waals surface area (Å²) < 4.78 is 17.5. The highest BCUT2D eigenvalue weighted by molar-refractivity contribution is 5.20. The number of ether oxygens (including phenoxy) is 2. The summed E-state index contributed by atoms with van der Waals surface area (Å²) in [6.07, 6.45) is 1.91. The van der Waals surface area contributed by atoms with Crippen LogP contribution in [0.3, 0.4) is 0 Å². The van der Waals surface area contributed by atoms with Gasteiger partial charge in [0.15, 0.2) is 0 Å². The second kappa shape index (κ2) is 6.99. The summed E-state index contributed by atoms with van der Waals surface area (Å²) in [6.45, 7) is 6.57. The van der Waals surface area contributed by atoms with Crippen LogP contribution < -0.4 is 4.74 Å². The van der Waals surface area contributed by atoms with Gasteiger partial charge in [0.1, 0.15) is 30.4 Å². The van der Waals surface area contributed by atoms with Crippen molar-refractivity contribution in [2.24, 2.45) is 5.92 Å². The molecule has 118 valence electrons. The zero-order valence-electron chi connectivity index (χ0n) is 13.1. The monoisotopic (exact) mass is 301 g/mol. The van der Waals surface area contributed by atoms with Crippen LogP contribution in [0.5, 0.6) is 5.75 Å². The minimum Gasteiger partial charge on any atom is -0.491 e. The summed E-state index contributed by atoms with van der Waals surface area (Å²) >= 11 is 0. The number of para-hydroxylation sites is 1. The Kier molecular flexibility index (Phi) is 4.80. The Hall–Kier alpha value is -1.78. The van der Waals surface area contributed by atoms with Crippen LogP contribution in [0.2, 0.25) is 0 Å². The minimum absolute atomic E-state index is 0.0857. The van der Waals surface area contributed by atoms with Gasteiger partial charge in [-0.2, -0.15) is 0 Å². The van der Waals surface area contributed by atoms with Crippen LogP contribution >= 0.6 is 0 Å². The molecule has 3 rings (SSSR count). The molecule has 4 nitrogen and oxygen atoms in total. The zero-order valence-corrected chi connectivity index (χ0v) is 13.1. The Morgan fingerprint density at radius 2 is 2.00 bits per heavy atom. The highest BCUT2D eigenvalue weighted by Crippen LogP contribution is 2.25. The number of hydrogen-bond donors (Lipinski definition) is 0. The molecule has 2 heterocycles. The van der Waals surface area contributed by atoms with Crippen molar-refractivity contribution in [1.82, 2.24) is 4.90 Å². The number of hydrogen-bond acceptors (Lipinski definition) is 4. The van der Waals surface area contributed by atoms with Gasteiger partial charge in [0.25, 0.3) is 0 Å². The lowest BCUT2D eigenvalue weighted by atomic mass is 10.2. The second-order valence-corrected chi connectivity index (χ2v) is 6.03. The lowest BCUT2D eigenvalue weighted by molar-refractivity contribution is -0.0442. The van der Waals surface area contributed by atoms with Crippen molar-refractivity contribution < 1.29 is 13.9 Å². The number of nitrogens with zero attached hydrogens (tertiary/aromatic N) is 1. The fourth-order valence-corrected chi connectivity index (χ4v) is 2.83. The van der Waals surface area contributed by atoms with Crippen LogP contribution in [0.25, 0.3) is 0 Å². The molecule has 0 radical (unpaired) electrons. The average Bonchev–Trinajstić information content (AvgIpc) is 3.16. The lowest BCUT2D eigenvalue weighted by Gasteiger charge is -2.24. The predicted molar refractivity (Wildman–Crippen MR) is 84.6 cm³/mol. The standard InChI is InChI=1S/C18H23NO3/c1-14(2)18-19(11-16-9-6-10-20-16)12-17(22-18)13-21-15-7-4-3-5-8-15/h3-10,14,17-18H,11-13H2,1-2H3/t17-,18+/m0/s1. The SMILES string of the molecule is CC(C)[C@H]1O[C@H](COc2ccccc2)CN1Cc1ccco1. The smallest absolute Gasteiger partial charge is 0.119 e. The molecule has 1 fully saturated rings. The molecule has 0 spiro atoms. The molecule has 0 unspecified atom stereocenters. The molecule has 1 aromatic carbocycles. The van der Waals surface area contributed by atoms with Gasteiger partial charge < -0.3 is 13.9 Å². The third kappa shape index (κ3) is 3.70. The molecule has 2 atom stereocenters. The summed E-state index contributed by atoms with van der Waals surface area (Å²) in [4.78, 5) is 2.32. The number of furan rings is 1. The van der Waals surface area contributed by atoms with Crippen LogP contribution in [0, 0.1) is 5.92 Å². The maximum atomic E-state index is 6.17.